The second-order valence-corrected chi connectivity index (χ2v) is 5.47. The molecule has 1 amide bonds. The molecule has 0 radical (unpaired) electrons. The second kappa shape index (κ2) is 6.57. The molecule has 0 aliphatic carbocycles. The zero-order valence-electron chi connectivity index (χ0n) is 13.2. The largest absolute Gasteiger partial charge is 0.323 e. The van der Waals surface area contributed by atoms with E-state index in [2.05, 4.69) is 17.3 Å². The van der Waals surface area contributed by atoms with Gasteiger partial charge in [0.1, 0.15) is 0 Å². The van der Waals surface area contributed by atoms with Gasteiger partial charge in [-0.05, 0) is 32.4 Å². The van der Waals surface area contributed by atoms with Crippen molar-refractivity contribution < 1.29 is 4.79 Å². The standard InChI is InChI=1S/C17H23N3O/c1-5-9-12(2)17(21)18-16-13(3)19-20(14(16)4)15-10-7-6-8-11-15/h6-8,10-12H,5,9H2,1-4H3,(H,18,21). The summed E-state index contributed by atoms with van der Waals surface area (Å²) in [6.45, 7) is 7.96. The van der Waals surface area contributed by atoms with E-state index in [4.69, 9.17) is 0 Å². The topological polar surface area (TPSA) is 46.9 Å². The molecule has 1 aromatic heterocycles. The molecule has 0 aliphatic heterocycles. The molecule has 1 atom stereocenters. The molecule has 0 bridgehead atoms. The monoisotopic (exact) mass is 285 g/mol. The van der Waals surface area contributed by atoms with Crippen LogP contribution in [0.4, 0.5) is 5.69 Å². The first-order chi connectivity index (χ1) is 10.0. The van der Waals surface area contributed by atoms with Crippen molar-refractivity contribution in [1.82, 2.24) is 9.78 Å². The van der Waals surface area contributed by atoms with Gasteiger partial charge in [0.25, 0.3) is 0 Å². The number of carbonyl (C=O) groups is 1. The number of para-hydroxylation sites is 1. The first kappa shape index (κ1) is 15.3. The van der Waals surface area contributed by atoms with Crippen LogP contribution in [0, 0.1) is 19.8 Å². The first-order valence-corrected chi connectivity index (χ1v) is 7.47. The van der Waals surface area contributed by atoms with Crippen LogP contribution in [0.5, 0.6) is 0 Å². The van der Waals surface area contributed by atoms with E-state index in [9.17, 15) is 4.79 Å². The van der Waals surface area contributed by atoms with Crippen LogP contribution in [0.1, 0.15) is 38.1 Å². The molecule has 1 aromatic carbocycles. The van der Waals surface area contributed by atoms with Crippen LogP contribution in [0.3, 0.4) is 0 Å². The highest BCUT2D eigenvalue weighted by Gasteiger charge is 2.18. The van der Waals surface area contributed by atoms with Crippen LogP contribution < -0.4 is 5.32 Å². The summed E-state index contributed by atoms with van der Waals surface area (Å²) in [5, 5.41) is 7.57. The highest BCUT2D eigenvalue weighted by atomic mass is 16.1. The number of hydrogen-bond acceptors (Lipinski definition) is 2. The summed E-state index contributed by atoms with van der Waals surface area (Å²) < 4.78 is 1.87. The van der Waals surface area contributed by atoms with E-state index in [1.54, 1.807) is 0 Å². The summed E-state index contributed by atoms with van der Waals surface area (Å²) in [7, 11) is 0. The lowest BCUT2D eigenvalue weighted by Gasteiger charge is -2.11. The number of hydrogen-bond donors (Lipinski definition) is 1. The van der Waals surface area contributed by atoms with Crippen LogP contribution in [-0.4, -0.2) is 15.7 Å². The quantitative estimate of drug-likeness (QED) is 0.906. The number of nitrogens with zero attached hydrogens (tertiary/aromatic N) is 2. The predicted molar refractivity (Wildman–Crippen MR) is 85.7 cm³/mol. The Morgan fingerprint density at radius 2 is 1.95 bits per heavy atom. The Hall–Kier alpha value is -2.10. The van der Waals surface area contributed by atoms with Crippen molar-refractivity contribution in [3.05, 3.63) is 41.7 Å². The molecular formula is C17H23N3O. The number of anilines is 1. The maximum Gasteiger partial charge on any atom is 0.227 e. The van der Waals surface area contributed by atoms with Crippen LogP contribution >= 0.6 is 0 Å². The lowest BCUT2D eigenvalue weighted by atomic mass is 10.1. The Bertz CT molecular complexity index is 616. The lowest BCUT2D eigenvalue weighted by Crippen LogP contribution is -2.21. The lowest BCUT2D eigenvalue weighted by molar-refractivity contribution is -0.119. The molecule has 1 N–H and O–H groups in total. The molecule has 1 unspecified atom stereocenters. The minimum Gasteiger partial charge on any atom is -0.323 e. The van der Waals surface area contributed by atoms with Gasteiger partial charge in [-0.15, -0.1) is 0 Å². The maximum atomic E-state index is 12.2. The van der Waals surface area contributed by atoms with Crippen LogP contribution in [-0.2, 0) is 4.79 Å². The van der Waals surface area contributed by atoms with Crippen molar-refractivity contribution in [2.45, 2.75) is 40.5 Å². The summed E-state index contributed by atoms with van der Waals surface area (Å²) in [6, 6.07) is 9.94. The van der Waals surface area contributed by atoms with E-state index in [-0.39, 0.29) is 11.8 Å². The normalized spacial score (nSPS) is 12.2. The SMILES string of the molecule is CCCC(C)C(=O)Nc1c(C)nn(-c2ccccc2)c1C. The molecule has 0 saturated carbocycles. The maximum absolute atomic E-state index is 12.2. The van der Waals surface area contributed by atoms with E-state index in [0.29, 0.717) is 0 Å². The summed E-state index contributed by atoms with van der Waals surface area (Å²) in [4.78, 5) is 12.2. The fourth-order valence-electron chi connectivity index (χ4n) is 2.45. The van der Waals surface area contributed by atoms with E-state index in [0.717, 1.165) is 35.6 Å². The molecule has 0 spiro atoms. The molecule has 0 aliphatic rings. The van der Waals surface area contributed by atoms with E-state index in [1.165, 1.54) is 0 Å². The summed E-state index contributed by atoms with van der Waals surface area (Å²) in [6.07, 6.45) is 1.91. The van der Waals surface area contributed by atoms with Gasteiger partial charge in [0.15, 0.2) is 0 Å². The number of amides is 1. The highest BCUT2D eigenvalue weighted by Crippen LogP contribution is 2.23. The molecular weight excluding hydrogens is 262 g/mol. The second-order valence-electron chi connectivity index (χ2n) is 5.47. The van der Waals surface area contributed by atoms with Crippen molar-refractivity contribution in [1.29, 1.82) is 0 Å². The Balaban J connectivity index is 2.26. The van der Waals surface area contributed by atoms with Gasteiger partial charge in [-0.25, -0.2) is 4.68 Å². The smallest absolute Gasteiger partial charge is 0.227 e. The Morgan fingerprint density at radius 1 is 1.29 bits per heavy atom. The third-order valence-electron chi connectivity index (χ3n) is 3.71. The van der Waals surface area contributed by atoms with Gasteiger partial charge in [0.2, 0.25) is 5.91 Å². The van der Waals surface area contributed by atoms with E-state index >= 15 is 0 Å². The van der Waals surface area contributed by atoms with Crippen molar-refractivity contribution >= 4 is 11.6 Å². The fourth-order valence-corrected chi connectivity index (χ4v) is 2.45. The molecule has 112 valence electrons. The number of carbonyl (C=O) groups excluding carboxylic acids is 1. The Morgan fingerprint density at radius 3 is 2.57 bits per heavy atom. The van der Waals surface area contributed by atoms with E-state index in [1.807, 2.05) is 55.8 Å². The molecule has 4 heteroatoms. The third-order valence-corrected chi connectivity index (χ3v) is 3.71. The number of benzene rings is 1. The van der Waals surface area contributed by atoms with Gasteiger partial charge in [0.05, 0.1) is 22.8 Å². The molecule has 1 heterocycles. The zero-order chi connectivity index (χ0) is 15.4. The summed E-state index contributed by atoms with van der Waals surface area (Å²) >= 11 is 0. The zero-order valence-corrected chi connectivity index (χ0v) is 13.2. The molecule has 2 aromatic rings. The molecule has 21 heavy (non-hydrogen) atoms. The van der Waals surface area contributed by atoms with Gasteiger partial charge >= 0.3 is 0 Å². The van der Waals surface area contributed by atoms with Crippen LogP contribution in [0.2, 0.25) is 0 Å². The first-order valence-electron chi connectivity index (χ1n) is 7.47. The highest BCUT2D eigenvalue weighted by molar-refractivity contribution is 5.93. The van der Waals surface area contributed by atoms with Gasteiger partial charge in [-0.3, -0.25) is 4.79 Å². The number of rotatable bonds is 5. The van der Waals surface area contributed by atoms with Gasteiger partial charge in [-0.2, -0.15) is 5.10 Å². The van der Waals surface area contributed by atoms with Gasteiger partial charge in [-0.1, -0.05) is 38.5 Å². The minimum absolute atomic E-state index is 0.0221. The molecule has 4 nitrogen and oxygen atoms in total. The van der Waals surface area contributed by atoms with Gasteiger partial charge in [0, 0.05) is 5.92 Å². The van der Waals surface area contributed by atoms with Crippen LogP contribution in [0.15, 0.2) is 30.3 Å². The Labute approximate surface area is 126 Å². The van der Waals surface area contributed by atoms with Crippen molar-refractivity contribution in [2.75, 3.05) is 5.32 Å². The third kappa shape index (κ3) is 3.32. The van der Waals surface area contributed by atoms with Crippen LogP contribution in [0.25, 0.3) is 5.69 Å². The fraction of sp³-hybridized carbons (Fsp3) is 0.412. The van der Waals surface area contributed by atoms with Crippen molar-refractivity contribution in [3.63, 3.8) is 0 Å². The predicted octanol–water partition coefficient (Wildman–Crippen LogP) is 3.86. The average Bonchev–Trinajstić information content (AvgIpc) is 2.76. The van der Waals surface area contributed by atoms with Gasteiger partial charge < -0.3 is 5.32 Å². The number of aromatic nitrogens is 2. The number of aryl methyl sites for hydroxylation is 1. The number of nitrogens with one attached hydrogen (secondary N) is 1. The van der Waals surface area contributed by atoms with Crippen molar-refractivity contribution in [3.8, 4) is 5.69 Å². The minimum atomic E-state index is 0.0221. The summed E-state index contributed by atoms with van der Waals surface area (Å²) in [5.74, 6) is 0.0875. The molecule has 0 saturated heterocycles. The molecule has 2 rings (SSSR count). The molecule has 0 fully saturated rings. The van der Waals surface area contributed by atoms with Crippen molar-refractivity contribution in [2.24, 2.45) is 5.92 Å². The average molecular weight is 285 g/mol. The van der Waals surface area contributed by atoms with E-state index < -0.39 is 0 Å². The Kier molecular flexibility index (Phi) is 4.78. The summed E-state index contributed by atoms with van der Waals surface area (Å²) in [5.41, 5.74) is 3.62.